The van der Waals surface area contributed by atoms with Crippen LogP contribution in [-0.2, 0) is 4.74 Å². The number of carbonyl (C=O) groups excluding carboxylic acids is 1. The molecule has 16 heavy (non-hydrogen) atoms. The van der Waals surface area contributed by atoms with E-state index in [1.54, 1.807) is 0 Å². The quantitative estimate of drug-likeness (QED) is 0.561. The Balaban J connectivity index is 2.26. The molecule has 5 nitrogen and oxygen atoms in total. The molecule has 0 fully saturated rings. The molecule has 1 aromatic heterocycles. The Hall–Kier alpha value is -1.75. The maximum atomic E-state index is 11.6. The van der Waals surface area contributed by atoms with Gasteiger partial charge >= 0.3 is 5.69 Å². The summed E-state index contributed by atoms with van der Waals surface area (Å²) in [5, 5.41) is 0. The third-order valence-electron chi connectivity index (χ3n) is 2.45. The van der Waals surface area contributed by atoms with Gasteiger partial charge in [-0.1, -0.05) is 13.0 Å². The number of rotatable bonds is 3. The monoisotopic (exact) mass is 220 g/mol. The van der Waals surface area contributed by atoms with Gasteiger partial charge in [-0.2, -0.15) is 4.98 Å². The molecule has 0 saturated heterocycles. The van der Waals surface area contributed by atoms with Crippen LogP contribution in [0.4, 0.5) is 0 Å². The minimum absolute atomic E-state index is 0.0441. The second kappa shape index (κ2) is 4.40. The van der Waals surface area contributed by atoms with Gasteiger partial charge in [-0.3, -0.25) is 9.36 Å². The summed E-state index contributed by atoms with van der Waals surface area (Å²) in [6, 6.07) is 1.49. The van der Waals surface area contributed by atoms with Crippen LogP contribution in [0.2, 0.25) is 0 Å². The lowest BCUT2D eigenvalue weighted by atomic mass is 10.3. The summed E-state index contributed by atoms with van der Waals surface area (Å²) in [5.41, 5.74) is -0.341. The van der Waals surface area contributed by atoms with Crippen LogP contribution in [0.25, 0.3) is 0 Å². The first-order valence-electron chi connectivity index (χ1n) is 5.12. The SMILES string of the molecule is CCC1C=CC(n2ccc(C=O)nc2=O)O1. The van der Waals surface area contributed by atoms with Crippen molar-refractivity contribution in [2.75, 3.05) is 0 Å². The second-order valence-corrected chi connectivity index (χ2v) is 3.52. The van der Waals surface area contributed by atoms with Crippen LogP contribution >= 0.6 is 0 Å². The number of hydrogen-bond donors (Lipinski definition) is 0. The zero-order valence-electron chi connectivity index (χ0n) is 8.87. The van der Waals surface area contributed by atoms with Crippen molar-refractivity contribution in [3.63, 3.8) is 0 Å². The predicted octanol–water partition coefficient (Wildman–Crippen LogP) is 0.919. The number of aromatic nitrogens is 2. The van der Waals surface area contributed by atoms with Crippen molar-refractivity contribution in [3.05, 3.63) is 40.6 Å². The summed E-state index contributed by atoms with van der Waals surface area (Å²) in [6.45, 7) is 2.01. The summed E-state index contributed by atoms with van der Waals surface area (Å²) < 4.78 is 6.93. The molecule has 0 aromatic carbocycles. The van der Waals surface area contributed by atoms with Crippen LogP contribution in [0.3, 0.4) is 0 Å². The average molecular weight is 220 g/mol. The van der Waals surface area contributed by atoms with Gasteiger partial charge in [-0.25, -0.2) is 4.79 Å². The summed E-state index contributed by atoms with van der Waals surface area (Å²) in [5.74, 6) is 0. The van der Waals surface area contributed by atoms with Gasteiger partial charge in [-0.05, 0) is 18.6 Å². The van der Waals surface area contributed by atoms with Gasteiger partial charge in [0.25, 0.3) is 0 Å². The molecule has 0 spiro atoms. The molecular weight excluding hydrogens is 208 g/mol. The molecule has 0 aliphatic carbocycles. The molecular formula is C11H12N2O3. The van der Waals surface area contributed by atoms with E-state index < -0.39 is 11.9 Å². The van der Waals surface area contributed by atoms with Crippen molar-refractivity contribution in [1.82, 2.24) is 9.55 Å². The molecule has 1 aromatic rings. The summed E-state index contributed by atoms with van der Waals surface area (Å²) in [4.78, 5) is 25.6. The van der Waals surface area contributed by atoms with E-state index in [0.717, 1.165) is 6.42 Å². The van der Waals surface area contributed by atoms with Gasteiger partial charge in [-0.15, -0.1) is 0 Å². The summed E-state index contributed by atoms with van der Waals surface area (Å²) in [7, 11) is 0. The van der Waals surface area contributed by atoms with Crippen molar-refractivity contribution in [1.29, 1.82) is 0 Å². The van der Waals surface area contributed by atoms with Crippen molar-refractivity contribution in [3.8, 4) is 0 Å². The van der Waals surface area contributed by atoms with Crippen LogP contribution in [0.15, 0.2) is 29.2 Å². The lowest BCUT2D eigenvalue weighted by Gasteiger charge is -2.14. The molecule has 1 aliphatic heterocycles. The van der Waals surface area contributed by atoms with Crippen molar-refractivity contribution < 1.29 is 9.53 Å². The Kier molecular flexibility index (Phi) is 2.96. The third-order valence-corrected chi connectivity index (χ3v) is 2.45. The first-order chi connectivity index (χ1) is 7.74. The Bertz CT molecular complexity index is 478. The van der Waals surface area contributed by atoms with E-state index in [9.17, 15) is 9.59 Å². The molecule has 0 bridgehead atoms. The summed E-state index contributed by atoms with van der Waals surface area (Å²) in [6.07, 6.45) is 6.30. The molecule has 1 aliphatic rings. The van der Waals surface area contributed by atoms with Crippen molar-refractivity contribution in [2.45, 2.75) is 25.7 Å². The normalized spacial score (nSPS) is 23.6. The highest BCUT2D eigenvalue weighted by Crippen LogP contribution is 2.20. The fraction of sp³-hybridized carbons (Fsp3) is 0.364. The molecule has 2 heterocycles. The average Bonchev–Trinajstić information content (AvgIpc) is 2.77. The van der Waals surface area contributed by atoms with E-state index in [2.05, 4.69) is 4.98 Å². The van der Waals surface area contributed by atoms with Crippen LogP contribution < -0.4 is 5.69 Å². The predicted molar refractivity (Wildman–Crippen MR) is 57.2 cm³/mol. The largest absolute Gasteiger partial charge is 0.350 e. The van der Waals surface area contributed by atoms with Crippen LogP contribution in [0.1, 0.15) is 30.1 Å². The Morgan fingerprint density at radius 3 is 2.94 bits per heavy atom. The Labute approximate surface area is 92.4 Å². The molecule has 0 radical (unpaired) electrons. The number of hydrogen-bond acceptors (Lipinski definition) is 4. The first-order valence-corrected chi connectivity index (χ1v) is 5.12. The second-order valence-electron chi connectivity index (χ2n) is 3.52. The fourth-order valence-electron chi connectivity index (χ4n) is 1.56. The number of aldehydes is 1. The van der Waals surface area contributed by atoms with Gasteiger partial charge in [0.05, 0.1) is 6.10 Å². The maximum absolute atomic E-state index is 11.6. The van der Waals surface area contributed by atoms with Gasteiger partial charge in [0.1, 0.15) is 5.69 Å². The number of carbonyl (C=O) groups is 1. The Morgan fingerprint density at radius 2 is 2.38 bits per heavy atom. The van der Waals surface area contributed by atoms with Crippen LogP contribution in [0.5, 0.6) is 0 Å². The fourth-order valence-corrected chi connectivity index (χ4v) is 1.56. The molecule has 0 N–H and O–H groups in total. The molecule has 2 unspecified atom stereocenters. The molecule has 2 atom stereocenters. The molecule has 2 rings (SSSR count). The zero-order valence-corrected chi connectivity index (χ0v) is 8.87. The molecule has 0 saturated carbocycles. The van der Waals surface area contributed by atoms with Gasteiger partial charge in [0.15, 0.2) is 12.5 Å². The highest BCUT2D eigenvalue weighted by atomic mass is 16.5. The topological polar surface area (TPSA) is 61.2 Å². The van der Waals surface area contributed by atoms with Crippen LogP contribution in [-0.4, -0.2) is 21.9 Å². The molecule has 84 valence electrons. The molecule has 0 amide bonds. The Morgan fingerprint density at radius 1 is 1.56 bits per heavy atom. The highest BCUT2D eigenvalue weighted by Gasteiger charge is 2.20. The zero-order chi connectivity index (χ0) is 11.5. The van der Waals surface area contributed by atoms with E-state index in [0.29, 0.717) is 6.29 Å². The van der Waals surface area contributed by atoms with E-state index in [1.807, 2.05) is 19.1 Å². The highest BCUT2D eigenvalue weighted by molar-refractivity contribution is 5.71. The van der Waals surface area contributed by atoms with Crippen molar-refractivity contribution in [2.24, 2.45) is 0 Å². The van der Waals surface area contributed by atoms with Gasteiger partial charge < -0.3 is 4.74 Å². The minimum Gasteiger partial charge on any atom is -0.347 e. The summed E-state index contributed by atoms with van der Waals surface area (Å²) >= 11 is 0. The molecule has 5 heteroatoms. The van der Waals surface area contributed by atoms with E-state index in [4.69, 9.17) is 4.74 Å². The van der Waals surface area contributed by atoms with Crippen LogP contribution in [0, 0.1) is 0 Å². The maximum Gasteiger partial charge on any atom is 0.350 e. The van der Waals surface area contributed by atoms with Gasteiger partial charge in [0, 0.05) is 6.20 Å². The standard InChI is InChI=1S/C11H12N2O3/c1-2-9-3-4-10(16-9)13-6-5-8(7-14)12-11(13)15/h3-7,9-10H,2H2,1H3. The van der Waals surface area contributed by atoms with E-state index in [1.165, 1.54) is 16.8 Å². The third kappa shape index (κ3) is 1.94. The lowest BCUT2D eigenvalue weighted by molar-refractivity contribution is 0.0141. The minimum atomic E-state index is -0.476. The smallest absolute Gasteiger partial charge is 0.347 e. The van der Waals surface area contributed by atoms with Crippen molar-refractivity contribution >= 4 is 6.29 Å². The lowest BCUT2D eigenvalue weighted by Crippen LogP contribution is -2.27. The number of nitrogens with zero attached hydrogens (tertiary/aromatic N) is 2. The number of ether oxygens (including phenoxy) is 1. The van der Waals surface area contributed by atoms with Gasteiger partial charge in [0.2, 0.25) is 0 Å². The van der Waals surface area contributed by atoms with E-state index in [-0.39, 0.29) is 11.8 Å². The van der Waals surface area contributed by atoms with E-state index >= 15 is 0 Å². The first kappa shape index (κ1) is 10.8.